The van der Waals surface area contributed by atoms with Gasteiger partial charge in [-0.2, -0.15) is 0 Å². The van der Waals surface area contributed by atoms with Gasteiger partial charge in [0.2, 0.25) is 5.88 Å². The maximum Gasteiger partial charge on any atom is 0.216 e. The standard InChI is InChI=1S/C13H21NO/c1-9(2)6-7-15-13-12(5)10(3)8-11(4)14-13/h8-9H,6-7H2,1-5H3. The first-order valence-corrected chi connectivity index (χ1v) is 5.58. The van der Waals surface area contributed by atoms with Crippen molar-refractivity contribution in [1.29, 1.82) is 0 Å². The molecule has 0 unspecified atom stereocenters. The Morgan fingerprint density at radius 1 is 1.27 bits per heavy atom. The Kier molecular flexibility index (Phi) is 4.13. The highest BCUT2D eigenvalue weighted by Crippen LogP contribution is 2.19. The number of aryl methyl sites for hydroxylation is 2. The van der Waals surface area contributed by atoms with Gasteiger partial charge in [-0.15, -0.1) is 0 Å². The molecule has 2 nitrogen and oxygen atoms in total. The lowest BCUT2D eigenvalue weighted by Gasteiger charge is -2.11. The summed E-state index contributed by atoms with van der Waals surface area (Å²) in [6.45, 7) is 11.3. The summed E-state index contributed by atoms with van der Waals surface area (Å²) in [4.78, 5) is 4.41. The third-order valence-corrected chi connectivity index (χ3v) is 2.55. The average molecular weight is 207 g/mol. The Labute approximate surface area is 92.7 Å². The summed E-state index contributed by atoms with van der Waals surface area (Å²) >= 11 is 0. The molecule has 0 bridgehead atoms. The maximum atomic E-state index is 5.70. The minimum absolute atomic E-state index is 0.677. The number of ether oxygens (including phenoxy) is 1. The van der Waals surface area contributed by atoms with Crippen LogP contribution >= 0.6 is 0 Å². The molecular weight excluding hydrogens is 186 g/mol. The molecule has 0 fully saturated rings. The van der Waals surface area contributed by atoms with E-state index in [0.717, 1.165) is 30.2 Å². The molecule has 1 aromatic heterocycles. The molecule has 0 radical (unpaired) electrons. The molecule has 1 aromatic rings. The van der Waals surface area contributed by atoms with E-state index in [9.17, 15) is 0 Å². The largest absolute Gasteiger partial charge is 0.477 e. The smallest absolute Gasteiger partial charge is 0.216 e. The number of aromatic nitrogens is 1. The van der Waals surface area contributed by atoms with Crippen LogP contribution in [0.15, 0.2) is 6.07 Å². The highest BCUT2D eigenvalue weighted by molar-refractivity contribution is 5.34. The van der Waals surface area contributed by atoms with Crippen LogP contribution in [0.2, 0.25) is 0 Å². The summed E-state index contributed by atoms with van der Waals surface area (Å²) in [7, 11) is 0. The van der Waals surface area contributed by atoms with Gasteiger partial charge in [0.1, 0.15) is 0 Å². The molecule has 1 heterocycles. The Morgan fingerprint density at radius 2 is 1.93 bits per heavy atom. The van der Waals surface area contributed by atoms with Crippen LogP contribution in [0.5, 0.6) is 5.88 Å². The van der Waals surface area contributed by atoms with Gasteiger partial charge in [0.15, 0.2) is 0 Å². The fourth-order valence-electron chi connectivity index (χ4n) is 1.40. The fourth-order valence-corrected chi connectivity index (χ4v) is 1.40. The number of rotatable bonds is 4. The van der Waals surface area contributed by atoms with Gasteiger partial charge in [-0.1, -0.05) is 13.8 Å². The van der Waals surface area contributed by atoms with E-state index in [4.69, 9.17) is 4.74 Å². The van der Waals surface area contributed by atoms with Gasteiger partial charge in [-0.3, -0.25) is 0 Å². The van der Waals surface area contributed by atoms with Gasteiger partial charge in [0.05, 0.1) is 6.61 Å². The normalized spacial score (nSPS) is 10.8. The second kappa shape index (κ2) is 5.15. The lowest BCUT2D eigenvalue weighted by Crippen LogP contribution is -2.05. The van der Waals surface area contributed by atoms with E-state index in [2.05, 4.69) is 38.7 Å². The monoisotopic (exact) mass is 207 g/mol. The Morgan fingerprint density at radius 3 is 2.53 bits per heavy atom. The van der Waals surface area contributed by atoms with Crippen LogP contribution in [0, 0.1) is 26.7 Å². The van der Waals surface area contributed by atoms with Crippen LogP contribution in [0.4, 0.5) is 0 Å². The third kappa shape index (κ3) is 3.54. The van der Waals surface area contributed by atoms with Crippen molar-refractivity contribution in [3.05, 3.63) is 22.9 Å². The number of hydrogen-bond donors (Lipinski definition) is 0. The molecule has 0 spiro atoms. The summed E-state index contributed by atoms with van der Waals surface area (Å²) in [6.07, 6.45) is 1.08. The van der Waals surface area contributed by atoms with Crippen LogP contribution < -0.4 is 4.74 Å². The van der Waals surface area contributed by atoms with Crippen LogP contribution in [-0.2, 0) is 0 Å². The van der Waals surface area contributed by atoms with E-state index >= 15 is 0 Å². The minimum Gasteiger partial charge on any atom is -0.477 e. The topological polar surface area (TPSA) is 22.1 Å². The number of hydrogen-bond acceptors (Lipinski definition) is 2. The molecule has 0 saturated carbocycles. The van der Waals surface area contributed by atoms with Crippen molar-refractivity contribution < 1.29 is 4.74 Å². The SMILES string of the molecule is Cc1cc(C)c(C)c(OCCC(C)C)n1. The maximum absolute atomic E-state index is 5.70. The first-order valence-electron chi connectivity index (χ1n) is 5.58. The van der Waals surface area contributed by atoms with Crippen molar-refractivity contribution in [3.8, 4) is 5.88 Å². The lowest BCUT2D eigenvalue weighted by atomic mass is 10.1. The Bertz CT molecular complexity index is 332. The number of nitrogens with zero attached hydrogens (tertiary/aromatic N) is 1. The summed E-state index contributed by atoms with van der Waals surface area (Å²) in [6, 6.07) is 2.09. The van der Waals surface area contributed by atoms with Gasteiger partial charge < -0.3 is 4.74 Å². The third-order valence-electron chi connectivity index (χ3n) is 2.55. The molecule has 0 atom stereocenters. The zero-order valence-corrected chi connectivity index (χ0v) is 10.4. The second-order valence-corrected chi connectivity index (χ2v) is 4.54. The predicted molar refractivity (Wildman–Crippen MR) is 63.4 cm³/mol. The van der Waals surface area contributed by atoms with Crippen molar-refractivity contribution in [1.82, 2.24) is 4.98 Å². The van der Waals surface area contributed by atoms with E-state index in [-0.39, 0.29) is 0 Å². The van der Waals surface area contributed by atoms with Gasteiger partial charge in [-0.25, -0.2) is 4.98 Å². The predicted octanol–water partition coefficient (Wildman–Crippen LogP) is 3.43. The molecule has 0 amide bonds. The van der Waals surface area contributed by atoms with Crippen LogP contribution in [0.25, 0.3) is 0 Å². The van der Waals surface area contributed by atoms with Crippen LogP contribution in [-0.4, -0.2) is 11.6 Å². The van der Waals surface area contributed by atoms with Crippen molar-refractivity contribution in [3.63, 3.8) is 0 Å². The van der Waals surface area contributed by atoms with Crippen LogP contribution in [0.3, 0.4) is 0 Å². The molecule has 1 rings (SSSR count). The fraction of sp³-hybridized carbons (Fsp3) is 0.615. The summed E-state index contributed by atoms with van der Waals surface area (Å²) < 4.78 is 5.70. The summed E-state index contributed by atoms with van der Waals surface area (Å²) in [5.74, 6) is 1.48. The van der Waals surface area contributed by atoms with E-state index in [1.165, 1.54) is 5.56 Å². The molecule has 2 heteroatoms. The van der Waals surface area contributed by atoms with Crippen molar-refractivity contribution in [2.75, 3.05) is 6.61 Å². The average Bonchev–Trinajstić information content (AvgIpc) is 2.12. The molecule has 0 aliphatic rings. The molecule has 0 aliphatic carbocycles. The van der Waals surface area contributed by atoms with Crippen molar-refractivity contribution in [2.45, 2.75) is 41.0 Å². The molecule has 15 heavy (non-hydrogen) atoms. The summed E-state index contributed by atoms with van der Waals surface area (Å²) in [5, 5.41) is 0. The second-order valence-electron chi connectivity index (χ2n) is 4.54. The molecular formula is C13H21NO. The quantitative estimate of drug-likeness (QED) is 0.754. The zero-order chi connectivity index (χ0) is 11.4. The van der Waals surface area contributed by atoms with Gasteiger partial charge >= 0.3 is 0 Å². The van der Waals surface area contributed by atoms with Crippen molar-refractivity contribution in [2.24, 2.45) is 5.92 Å². The van der Waals surface area contributed by atoms with Crippen molar-refractivity contribution >= 4 is 0 Å². The first-order chi connectivity index (χ1) is 7.00. The van der Waals surface area contributed by atoms with E-state index in [0.29, 0.717) is 5.92 Å². The number of pyridine rings is 1. The molecule has 0 N–H and O–H groups in total. The van der Waals surface area contributed by atoms with Gasteiger partial charge in [0, 0.05) is 11.3 Å². The van der Waals surface area contributed by atoms with Crippen LogP contribution in [0.1, 0.15) is 37.1 Å². The molecule has 0 saturated heterocycles. The van der Waals surface area contributed by atoms with E-state index < -0.39 is 0 Å². The highest BCUT2D eigenvalue weighted by atomic mass is 16.5. The molecule has 0 aliphatic heterocycles. The molecule has 0 aromatic carbocycles. The van der Waals surface area contributed by atoms with Gasteiger partial charge in [0.25, 0.3) is 0 Å². The van der Waals surface area contributed by atoms with Gasteiger partial charge in [-0.05, 0) is 44.7 Å². The minimum atomic E-state index is 0.677. The van der Waals surface area contributed by atoms with E-state index in [1.807, 2.05) is 6.92 Å². The highest BCUT2D eigenvalue weighted by Gasteiger charge is 2.05. The Hall–Kier alpha value is -1.05. The zero-order valence-electron chi connectivity index (χ0n) is 10.4. The molecule has 84 valence electrons. The lowest BCUT2D eigenvalue weighted by molar-refractivity contribution is 0.277. The first kappa shape index (κ1) is 12.0. The summed E-state index contributed by atoms with van der Waals surface area (Å²) in [5.41, 5.74) is 3.43. The van der Waals surface area contributed by atoms with E-state index in [1.54, 1.807) is 0 Å². The Balaban J connectivity index is 2.68.